The Bertz CT molecular complexity index is 698. The molecule has 3 N–H and O–H groups in total. The molecule has 0 aliphatic rings. The van der Waals surface area contributed by atoms with Crippen molar-refractivity contribution in [3.63, 3.8) is 0 Å². The van der Waals surface area contributed by atoms with E-state index < -0.39 is 10.0 Å². The highest BCUT2D eigenvalue weighted by Gasteiger charge is 2.18. The second-order valence-electron chi connectivity index (χ2n) is 3.87. The molecule has 19 heavy (non-hydrogen) atoms. The van der Waals surface area contributed by atoms with Gasteiger partial charge in [-0.05, 0) is 18.2 Å². The Morgan fingerprint density at radius 2 is 2.21 bits per heavy atom. The van der Waals surface area contributed by atoms with Crippen molar-refractivity contribution in [1.82, 2.24) is 19.5 Å². The van der Waals surface area contributed by atoms with E-state index in [9.17, 15) is 8.42 Å². The van der Waals surface area contributed by atoms with Gasteiger partial charge in [0.05, 0.1) is 11.6 Å². The number of hydrogen-bond donors (Lipinski definition) is 2. The molecule has 0 unspecified atom stereocenters. The van der Waals surface area contributed by atoms with Crippen LogP contribution in [0.15, 0.2) is 29.4 Å². The van der Waals surface area contributed by atoms with Crippen molar-refractivity contribution in [1.29, 1.82) is 0 Å². The van der Waals surface area contributed by atoms with Gasteiger partial charge >= 0.3 is 0 Å². The molecule has 2 aromatic rings. The smallest absolute Gasteiger partial charge is 0.242 e. The lowest BCUT2D eigenvalue weighted by molar-refractivity contribution is 0.577. The summed E-state index contributed by atoms with van der Waals surface area (Å²) in [7, 11) is -2.03. The third-order valence-electron chi connectivity index (χ3n) is 2.47. The van der Waals surface area contributed by atoms with Crippen LogP contribution in [0.5, 0.6) is 0 Å². The van der Waals surface area contributed by atoms with Gasteiger partial charge in [0.1, 0.15) is 17.0 Å². The second-order valence-corrected chi connectivity index (χ2v) is 6.02. The molecule has 7 nitrogen and oxygen atoms in total. The van der Waals surface area contributed by atoms with Gasteiger partial charge in [0.25, 0.3) is 0 Å². The van der Waals surface area contributed by atoms with E-state index in [0.29, 0.717) is 11.5 Å². The van der Waals surface area contributed by atoms with Gasteiger partial charge in [-0.3, -0.25) is 0 Å². The average Bonchev–Trinajstić information content (AvgIpc) is 2.75. The summed E-state index contributed by atoms with van der Waals surface area (Å²) in [5.74, 6) is 0.489. The minimum Gasteiger partial charge on any atom is -0.399 e. The van der Waals surface area contributed by atoms with Crippen LogP contribution in [0.1, 0.15) is 5.82 Å². The number of rotatable bonds is 4. The fourth-order valence-electron chi connectivity index (χ4n) is 1.43. The van der Waals surface area contributed by atoms with Crippen LogP contribution in [0.3, 0.4) is 0 Å². The van der Waals surface area contributed by atoms with Crippen molar-refractivity contribution in [2.24, 2.45) is 7.05 Å². The molecule has 0 aliphatic heterocycles. The number of hydrogen-bond acceptors (Lipinski definition) is 5. The van der Waals surface area contributed by atoms with Crippen molar-refractivity contribution < 1.29 is 8.42 Å². The number of halogens is 1. The number of aryl methyl sites for hydroxylation is 1. The van der Waals surface area contributed by atoms with Crippen LogP contribution in [0.4, 0.5) is 5.69 Å². The topological polar surface area (TPSA) is 103 Å². The SMILES string of the molecule is Cn1cnnc1CNS(=O)(=O)c1cc(N)ccc1Cl. The van der Waals surface area contributed by atoms with Gasteiger partial charge in [-0.15, -0.1) is 10.2 Å². The van der Waals surface area contributed by atoms with Crippen LogP contribution in [-0.4, -0.2) is 23.2 Å². The van der Waals surface area contributed by atoms with Gasteiger partial charge < -0.3 is 10.3 Å². The highest BCUT2D eigenvalue weighted by Crippen LogP contribution is 2.23. The van der Waals surface area contributed by atoms with E-state index in [0.717, 1.165) is 0 Å². The molecule has 9 heteroatoms. The molecule has 0 saturated heterocycles. The lowest BCUT2D eigenvalue weighted by Gasteiger charge is -2.08. The molecule has 0 fully saturated rings. The number of nitrogens with zero attached hydrogens (tertiary/aromatic N) is 3. The second kappa shape index (κ2) is 5.16. The maximum atomic E-state index is 12.1. The molecule has 0 spiro atoms. The van der Waals surface area contributed by atoms with Crippen molar-refractivity contribution in [3.05, 3.63) is 35.4 Å². The van der Waals surface area contributed by atoms with E-state index in [2.05, 4.69) is 14.9 Å². The number of aromatic nitrogens is 3. The van der Waals surface area contributed by atoms with Crippen molar-refractivity contribution in [3.8, 4) is 0 Å². The highest BCUT2D eigenvalue weighted by molar-refractivity contribution is 7.89. The van der Waals surface area contributed by atoms with Crippen LogP contribution >= 0.6 is 11.6 Å². The number of anilines is 1. The van der Waals surface area contributed by atoms with Gasteiger partial charge in [0.2, 0.25) is 10.0 Å². The third-order valence-corrected chi connectivity index (χ3v) is 4.35. The van der Waals surface area contributed by atoms with Crippen LogP contribution in [0, 0.1) is 0 Å². The maximum Gasteiger partial charge on any atom is 0.242 e. The predicted molar refractivity (Wildman–Crippen MR) is 70.9 cm³/mol. The molecule has 0 radical (unpaired) electrons. The van der Waals surface area contributed by atoms with Gasteiger partial charge in [0, 0.05) is 12.7 Å². The van der Waals surface area contributed by atoms with Crippen molar-refractivity contribution in [2.75, 3.05) is 5.73 Å². The number of benzene rings is 1. The zero-order chi connectivity index (χ0) is 14.0. The minimum atomic E-state index is -3.75. The molecule has 0 amide bonds. The van der Waals surface area contributed by atoms with E-state index in [1.54, 1.807) is 11.6 Å². The largest absolute Gasteiger partial charge is 0.399 e. The molecular formula is C10H12ClN5O2S. The van der Waals surface area contributed by atoms with Gasteiger partial charge in [0.15, 0.2) is 0 Å². The Hall–Kier alpha value is -1.64. The summed E-state index contributed by atoms with van der Waals surface area (Å²) in [6.45, 7) is 0.0178. The molecule has 1 heterocycles. The fraction of sp³-hybridized carbons (Fsp3) is 0.200. The molecular weight excluding hydrogens is 290 g/mol. The lowest BCUT2D eigenvalue weighted by atomic mass is 10.3. The van der Waals surface area contributed by atoms with E-state index in [1.807, 2.05) is 0 Å². The zero-order valence-electron chi connectivity index (χ0n) is 10.0. The Kier molecular flexibility index (Phi) is 3.74. The Labute approximate surface area is 115 Å². The van der Waals surface area contributed by atoms with Gasteiger partial charge in [-0.25, -0.2) is 13.1 Å². The molecule has 102 valence electrons. The van der Waals surface area contributed by atoms with E-state index in [1.165, 1.54) is 24.5 Å². The summed E-state index contributed by atoms with van der Waals surface area (Å²) in [6, 6.07) is 4.28. The maximum absolute atomic E-state index is 12.1. The van der Waals surface area contributed by atoms with Crippen LogP contribution in [-0.2, 0) is 23.6 Å². The predicted octanol–water partition coefficient (Wildman–Crippen LogP) is 0.529. The Morgan fingerprint density at radius 3 is 2.84 bits per heavy atom. The molecule has 2 rings (SSSR count). The third kappa shape index (κ3) is 3.03. The lowest BCUT2D eigenvalue weighted by Crippen LogP contribution is -2.25. The summed E-state index contributed by atoms with van der Waals surface area (Å²) < 4.78 is 28.2. The first kappa shape index (κ1) is 13.8. The summed E-state index contributed by atoms with van der Waals surface area (Å²) >= 11 is 5.86. The molecule has 0 aliphatic carbocycles. The number of nitrogens with one attached hydrogen (secondary N) is 1. The summed E-state index contributed by atoms with van der Waals surface area (Å²) in [4.78, 5) is -0.0589. The van der Waals surface area contributed by atoms with Gasteiger partial charge in [-0.2, -0.15) is 0 Å². The van der Waals surface area contributed by atoms with Crippen LogP contribution < -0.4 is 10.5 Å². The van der Waals surface area contributed by atoms with Crippen molar-refractivity contribution >= 4 is 27.3 Å². The number of nitrogens with two attached hydrogens (primary N) is 1. The minimum absolute atomic E-state index is 0.0178. The van der Waals surface area contributed by atoms with Crippen LogP contribution in [0.25, 0.3) is 0 Å². The molecule has 0 bridgehead atoms. The zero-order valence-corrected chi connectivity index (χ0v) is 11.6. The molecule has 0 atom stereocenters. The van der Waals surface area contributed by atoms with Crippen LogP contribution in [0.2, 0.25) is 5.02 Å². The van der Waals surface area contributed by atoms with Crippen molar-refractivity contribution in [2.45, 2.75) is 11.4 Å². The standard InChI is InChI=1S/C10H12ClN5O2S/c1-16-6-13-15-10(16)5-14-19(17,18)9-4-7(12)2-3-8(9)11/h2-4,6,14H,5,12H2,1H3. The molecule has 0 saturated carbocycles. The van der Waals surface area contributed by atoms with E-state index in [-0.39, 0.29) is 16.5 Å². The average molecular weight is 302 g/mol. The first-order valence-corrected chi connectivity index (χ1v) is 7.14. The Balaban J connectivity index is 2.23. The molecule has 1 aromatic carbocycles. The normalized spacial score (nSPS) is 11.7. The van der Waals surface area contributed by atoms with Gasteiger partial charge in [-0.1, -0.05) is 11.6 Å². The number of nitrogen functional groups attached to an aromatic ring is 1. The first-order chi connectivity index (χ1) is 8.90. The summed E-state index contributed by atoms with van der Waals surface area (Å²) in [5, 5.41) is 7.55. The van der Waals surface area contributed by atoms with E-state index >= 15 is 0 Å². The monoisotopic (exact) mass is 301 g/mol. The number of sulfonamides is 1. The highest BCUT2D eigenvalue weighted by atomic mass is 35.5. The first-order valence-electron chi connectivity index (χ1n) is 5.28. The molecule has 1 aromatic heterocycles. The van der Waals surface area contributed by atoms with E-state index in [4.69, 9.17) is 17.3 Å². The summed E-state index contributed by atoms with van der Waals surface area (Å²) in [5.41, 5.74) is 5.88. The fourth-order valence-corrected chi connectivity index (χ4v) is 2.94. The Morgan fingerprint density at radius 1 is 1.47 bits per heavy atom. The quantitative estimate of drug-likeness (QED) is 0.802. The summed E-state index contributed by atoms with van der Waals surface area (Å²) in [6.07, 6.45) is 1.48.